The molecule has 0 radical (unpaired) electrons. The summed E-state index contributed by atoms with van der Waals surface area (Å²) in [5.74, 6) is 1.45. The molecule has 8 heterocycles. The summed E-state index contributed by atoms with van der Waals surface area (Å²) in [5, 5.41) is 27.8. The van der Waals surface area contributed by atoms with Crippen LogP contribution in [-0.4, -0.2) is 37.2 Å². The van der Waals surface area contributed by atoms with Crippen molar-refractivity contribution in [3.05, 3.63) is 375 Å². The van der Waals surface area contributed by atoms with Crippen molar-refractivity contribution in [2.45, 2.75) is 0 Å². The molecular weight excluding hydrogens is 1450 g/mol. The van der Waals surface area contributed by atoms with E-state index in [0.717, 1.165) is 130 Å². The molecule has 0 aliphatic rings. The molecule has 25 rings (SSSR count). The van der Waals surface area contributed by atoms with Crippen molar-refractivity contribution >= 4 is 174 Å². The number of halogens is 1. The SMILES string of the molecule is N#Cc1c(-n2c3ccccc3c3c(On4c5ccccc5c5ccccc54)cccc32)c(F)c(-n2c3ccccc3c3c(On4c5ccccc5c5ccccc54)cccc32)c(-n2c3ccccc3c3c(On4c5ccccc5c5ccccc54)cccc32)c1-n1c2ccccc2c2c(On3c4ccccc4c4ccccc43)cccc21. The highest BCUT2D eigenvalue weighted by Gasteiger charge is 2.37. The fraction of sp³-hybridized carbons (Fsp3) is 0. The van der Waals surface area contributed by atoms with Crippen molar-refractivity contribution in [1.29, 1.82) is 5.26 Å². The maximum absolute atomic E-state index is 22.2. The smallest absolute Gasteiger partial charge is 0.174 e. The van der Waals surface area contributed by atoms with Crippen LogP contribution in [0.5, 0.6) is 23.0 Å². The lowest BCUT2D eigenvalue weighted by Gasteiger charge is -2.26. The third kappa shape index (κ3) is 8.98. The van der Waals surface area contributed by atoms with Gasteiger partial charge in [-0.15, -0.1) is 0 Å². The van der Waals surface area contributed by atoms with Gasteiger partial charge >= 0.3 is 0 Å². The molecule has 548 valence electrons. The normalized spacial score (nSPS) is 12.1. The van der Waals surface area contributed by atoms with Crippen molar-refractivity contribution in [2.24, 2.45) is 0 Å². The summed E-state index contributed by atoms with van der Waals surface area (Å²) in [6, 6.07) is 126. The number of aromatic nitrogens is 8. The van der Waals surface area contributed by atoms with Gasteiger partial charge in [0, 0.05) is 64.6 Å². The molecule has 13 nitrogen and oxygen atoms in total. The minimum absolute atomic E-state index is 0.00477. The number of nitrogens with zero attached hydrogens (tertiary/aromatic N) is 9. The van der Waals surface area contributed by atoms with Crippen LogP contribution in [0.15, 0.2) is 364 Å². The summed E-state index contributed by atoms with van der Waals surface area (Å²) >= 11 is 0. The molecule has 14 heteroatoms. The number of hydrogen-bond donors (Lipinski definition) is 0. The van der Waals surface area contributed by atoms with E-state index in [-0.39, 0.29) is 16.9 Å². The Morgan fingerprint density at radius 2 is 0.376 bits per heavy atom. The average molecular weight is 1510 g/mol. The zero-order valence-electron chi connectivity index (χ0n) is 62.2. The minimum Gasteiger partial charge on any atom is -0.374 e. The second-order valence-corrected chi connectivity index (χ2v) is 29.9. The first-order valence-electron chi connectivity index (χ1n) is 39.1. The predicted molar refractivity (Wildman–Crippen MR) is 470 cm³/mol. The van der Waals surface area contributed by atoms with Gasteiger partial charge in [-0.25, -0.2) is 4.39 Å². The first-order chi connectivity index (χ1) is 58.0. The van der Waals surface area contributed by atoms with Gasteiger partial charge in [0.15, 0.2) is 28.8 Å². The van der Waals surface area contributed by atoms with Crippen LogP contribution in [-0.2, 0) is 0 Å². The van der Waals surface area contributed by atoms with Crippen LogP contribution in [0.4, 0.5) is 4.39 Å². The average Bonchev–Trinajstić information content (AvgIpc) is 1.54. The monoisotopic (exact) mass is 1510 g/mol. The first-order valence-corrected chi connectivity index (χ1v) is 39.1. The maximum Gasteiger partial charge on any atom is 0.174 e. The fourth-order valence-corrected chi connectivity index (χ4v) is 19.2. The van der Waals surface area contributed by atoms with E-state index >= 15 is 4.39 Å². The van der Waals surface area contributed by atoms with Crippen LogP contribution in [0.25, 0.3) is 197 Å². The van der Waals surface area contributed by atoms with Crippen LogP contribution < -0.4 is 19.4 Å². The Balaban J connectivity index is 0.857. The molecule has 17 aromatic carbocycles. The largest absolute Gasteiger partial charge is 0.374 e. The van der Waals surface area contributed by atoms with Gasteiger partial charge in [0.05, 0.1) is 121 Å². The zero-order valence-corrected chi connectivity index (χ0v) is 62.2. The Morgan fingerprint density at radius 1 is 0.188 bits per heavy atom. The summed E-state index contributed by atoms with van der Waals surface area (Å²) < 4.78 is 38.2. The van der Waals surface area contributed by atoms with Crippen molar-refractivity contribution in [1.82, 2.24) is 37.2 Å². The lowest BCUT2D eigenvalue weighted by atomic mass is 10.0. The number of fused-ring (bicyclic) bond motifs is 24. The fourth-order valence-electron chi connectivity index (χ4n) is 19.2. The highest BCUT2D eigenvalue weighted by atomic mass is 19.1. The van der Waals surface area contributed by atoms with Crippen LogP contribution in [0.1, 0.15) is 5.56 Å². The quantitative estimate of drug-likeness (QED) is 0.121. The molecule has 25 aromatic rings. The van der Waals surface area contributed by atoms with Crippen molar-refractivity contribution in [3.63, 3.8) is 0 Å². The number of rotatable bonds is 12. The van der Waals surface area contributed by atoms with E-state index in [1.807, 2.05) is 193 Å². The van der Waals surface area contributed by atoms with Gasteiger partial charge in [-0.05, 0) is 121 Å². The third-order valence-electron chi connectivity index (χ3n) is 23.9. The highest BCUT2D eigenvalue weighted by Crippen LogP contribution is 2.53. The zero-order chi connectivity index (χ0) is 76.8. The summed E-state index contributed by atoms with van der Waals surface area (Å²) in [4.78, 5) is 29.8. The van der Waals surface area contributed by atoms with Crippen LogP contribution in [0.3, 0.4) is 0 Å². The molecule has 0 aliphatic carbocycles. The topological polar surface area (TPSA) is 100 Å². The second kappa shape index (κ2) is 24.6. The van der Waals surface area contributed by atoms with Gasteiger partial charge in [-0.3, -0.25) is 0 Å². The molecule has 0 saturated carbocycles. The summed E-state index contributed by atoms with van der Waals surface area (Å²) in [6.45, 7) is 0. The van der Waals surface area contributed by atoms with Gasteiger partial charge in [0.1, 0.15) is 23.0 Å². The summed E-state index contributed by atoms with van der Waals surface area (Å²) in [6.07, 6.45) is 0. The Morgan fingerprint density at radius 3 is 0.615 bits per heavy atom. The van der Waals surface area contributed by atoms with Crippen molar-refractivity contribution < 1.29 is 23.7 Å². The number of benzene rings is 17. The van der Waals surface area contributed by atoms with Crippen molar-refractivity contribution in [3.8, 4) is 51.8 Å². The van der Waals surface area contributed by atoms with E-state index in [9.17, 15) is 5.26 Å². The molecule has 0 bridgehead atoms. The second-order valence-electron chi connectivity index (χ2n) is 29.9. The summed E-state index contributed by atoms with van der Waals surface area (Å²) in [7, 11) is 0. The third-order valence-corrected chi connectivity index (χ3v) is 23.9. The van der Waals surface area contributed by atoms with E-state index < -0.39 is 5.82 Å². The maximum atomic E-state index is 22.2. The van der Waals surface area contributed by atoms with E-state index in [0.29, 0.717) is 78.4 Å². The van der Waals surface area contributed by atoms with Gasteiger partial charge in [-0.2, -0.15) is 24.2 Å². The highest BCUT2D eigenvalue weighted by molar-refractivity contribution is 6.20. The molecule has 0 N–H and O–H groups in total. The molecule has 0 amide bonds. The minimum atomic E-state index is -0.696. The molecule has 0 saturated heterocycles. The van der Waals surface area contributed by atoms with Gasteiger partial charge < -0.3 is 37.6 Å². The molecule has 8 aromatic heterocycles. The van der Waals surface area contributed by atoms with E-state index in [4.69, 9.17) is 19.4 Å². The molecule has 0 aliphatic heterocycles. The molecule has 0 atom stereocenters. The van der Waals surface area contributed by atoms with Crippen molar-refractivity contribution in [2.75, 3.05) is 0 Å². The Bertz CT molecular complexity index is 8460. The van der Waals surface area contributed by atoms with Crippen LogP contribution in [0, 0.1) is 17.1 Å². The standard InChI is InChI=1S/C103H60FN9O4/c104-99-100(106-75-41-13-9-37-70(75)95-87(106)53-25-57-91(95)114-110-79-45-17-1-29-62(79)63-30-2-18-46-80(63)110)74(61-105)101(107-76-42-14-10-38-71(76)96-88(107)54-26-58-92(96)115-111-81-47-19-3-31-64(81)65-32-4-20-48-82(65)111)103(109-78-44-16-12-40-73(78)98-90(109)56-28-60-94(98)117-113-85-51-23-7-35-68(85)69-36-8-24-52-86(69)113)102(99)108-77-43-15-11-39-72(77)97-89(108)55-27-59-93(97)116-112-83-49-21-5-33-66(83)67-34-6-22-50-84(67)112/h1-60H. The molecule has 117 heavy (non-hydrogen) atoms. The predicted octanol–water partition coefficient (Wildman–Crippen LogP) is 25.9. The number of para-hydroxylation sites is 12. The Labute approximate surface area is 663 Å². The number of nitriles is 1. The van der Waals surface area contributed by atoms with Crippen LogP contribution in [0.2, 0.25) is 0 Å². The Kier molecular flexibility index (Phi) is 13.6. The van der Waals surface area contributed by atoms with E-state index in [2.05, 4.69) is 214 Å². The Hall–Kier alpha value is -16.2. The molecule has 0 spiro atoms. The summed E-state index contributed by atoms with van der Waals surface area (Å²) in [5.41, 5.74) is 13.2. The molecule has 0 fully saturated rings. The van der Waals surface area contributed by atoms with Gasteiger partial charge in [0.25, 0.3) is 0 Å². The van der Waals surface area contributed by atoms with Gasteiger partial charge in [-0.1, -0.05) is 243 Å². The lowest BCUT2D eigenvalue weighted by molar-refractivity contribution is 0.245. The lowest BCUT2D eigenvalue weighted by Crippen LogP contribution is -2.17. The van der Waals surface area contributed by atoms with E-state index in [1.54, 1.807) is 0 Å². The molecule has 0 unspecified atom stereocenters. The first kappa shape index (κ1) is 64.4. The van der Waals surface area contributed by atoms with E-state index in [1.165, 1.54) is 0 Å². The molecular formula is C103H60FN9O4. The van der Waals surface area contributed by atoms with Gasteiger partial charge in [0.2, 0.25) is 0 Å². The van der Waals surface area contributed by atoms with Crippen LogP contribution >= 0.6 is 0 Å². The number of hydrogen-bond acceptors (Lipinski definition) is 5.